The van der Waals surface area contributed by atoms with Gasteiger partial charge in [0.15, 0.2) is 0 Å². The number of ether oxygens (including phenoxy) is 2. The van der Waals surface area contributed by atoms with Crippen molar-refractivity contribution >= 4 is 21.8 Å². The van der Waals surface area contributed by atoms with Crippen LogP contribution in [0.2, 0.25) is 0 Å². The van der Waals surface area contributed by atoms with Crippen LogP contribution in [-0.4, -0.2) is 50.6 Å². The molecule has 9 heteroatoms. The first-order chi connectivity index (χ1) is 11.9. The number of amidine groups is 1. The minimum absolute atomic E-state index is 0.0245. The zero-order valence-electron chi connectivity index (χ0n) is 13.1. The number of carbonyl (C=O) groups is 1. The van der Waals surface area contributed by atoms with Crippen LogP contribution in [0.15, 0.2) is 52.6 Å². The van der Waals surface area contributed by atoms with Crippen LogP contribution in [0.25, 0.3) is 0 Å². The van der Waals surface area contributed by atoms with Crippen LogP contribution in [0.3, 0.4) is 0 Å². The molecule has 0 amide bonds. The zero-order chi connectivity index (χ0) is 17.9. The van der Waals surface area contributed by atoms with E-state index in [0.717, 1.165) is 0 Å². The molecule has 0 atom stereocenters. The topological polar surface area (TPSA) is 85.3 Å². The van der Waals surface area contributed by atoms with Gasteiger partial charge in [0, 0.05) is 12.7 Å². The first-order valence-corrected chi connectivity index (χ1v) is 9.08. The minimum Gasteiger partial charge on any atom is -0.490 e. The summed E-state index contributed by atoms with van der Waals surface area (Å²) in [6.45, 7) is 0.385. The Morgan fingerprint density at radius 3 is 2.72 bits per heavy atom. The van der Waals surface area contributed by atoms with E-state index in [1.165, 1.54) is 42.6 Å². The molecule has 2 aliphatic rings. The Hall–Kier alpha value is -2.68. The van der Waals surface area contributed by atoms with Crippen molar-refractivity contribution in [3.05, 3.63) is 54.0 Å². The smallest absolute Gasteiger partial charge is 0.339 e. The van der Waals surface area contributed by atoms with Gasteiger partial charge in [-0.15, -0.1) is 4.40 Å². The molecule has 0 radical (unpaired) electrons. The van der Waals surface area contributed by atoms with Gasteiger partial charge in [0.2, 0.25) is 0 Å². The number of rotatable bonds is 5. The second-order valence-electron chi connectivity index (χ2n) is 5.28. The third kappa shape index (κ3) is 4.44. The Kier molecular flexibility index (Phi) is 4.84. The van der Waals surface area contributed by atoms with Gasteiger partial charge in [0.05, 0.1) is 11.3 Å². The van der Waals surface area contributed by atoms with Crippen LogP contribution < -0.4 is 4.74 Å². The lowest BCUT2D eigenvalue weighted by Crippen LogP contribution is -2.37. The summed E-state index contributed by atoms with van der Waals surface area (Å²) in [5.74, 6) is -0.254. The van der Waals surface area contributed by atoms with Gasteiger partial charge in [0.25, 0.3) is 10.0 Å². The number of hydrogen-bond acceptors (Lipinski definition) is 6. The highest BCUT2D eigenvalue weighted by atomic mass is 32.2. The highest BCUT2D eigenvalue weighted by Gasteiger charge is 2.25. The number of fused-ring (bicyclic) bond motifs is 1. The maximum Gasteiger partial charge on any atom is 0.339 e. The molecule has 7 nitrogen and oxygen atoms in total. The molecule has 0 unspecified atom stereocenters. The number of hydrogen-bond donors (Lipinski definition) is 0. The summed E-state index contributed by atoms with van der Waals surface area (Å²) < 4.78 is 49.7. The third-order valence-electron chi connectivity index (χ3n) is 3.46. The van der Waals surface area contributed by atoms with E-state index in [-0.39, 0.29) is 37.2 Å². The molecule has 25 heavy (non-hydrogen) atoms. The third-order valence-corrected chi connectivity index (χ3v) is 4.62. The molecule has 3 rings (SSSR count). The lowest BCUT2D eigenvalue weighted by Gasteiger charge is -2.26. The Morgan fingerprint density at radius 1 is 1.20 bits per heavy atom. The van der Waals surface area contributed by atoms with Crippen molar-refractivity contribution in [1.82, 2.24) is 4.90 Å². The molecular weight excluding hydrogens is 351 g/mol. The van der Waals surface area contributed by atoms with E-state index in [1.807, 2.05) is 0 Å². The average Bonchev–Trinajstić information content (AvgIpc) is 2.59. The van der Waals surface area contributed by atoms with Crippen molar-refractivity contribution in [2.45, 2.75) is 0 Å². The second-order valence-corrected chi connectivity index (χ2v) is 7.04. The van der Waals surface area contributed by atoms with Gasteiger partial charge in [-0.2, -0.15) is 0 Å². The molecule has 0 aromatic heterocycles. The summed E-state index contributed by atoms with van der Waals surface area (Å²) in [6, 6.07) is 5.51. The summed E-state index contributed by atoms with van der Waals surface area (Å²) in [5, 5.41) is 0. The van der Waals surface area contributed by atoms with E-state index in [4.69, 9.17) is 9.47 Å². The molecule has 2 aliphatic heterocycles. The summed E-state index contributed by atoms with van der Waals surface area (Å²) in [4.78, 5) is 13.6. The van der Waals surface area contributed by atoms with Crippen LogP contribution in [0, 0.1) is 5.82 Å². The Morgan fingerprint density at radius 2 is 1.96 bits per heavy atom. The molecule has 1 aromatic rings. The maximum atomic E-state index is 12.8. The van der Waals surface area contributed by atoms with E-state index in [2.05, 4.69) is 4.40 Å². The van der Waals surface area contributed by atoms with E-state index >= 15 is 0 Å². The van der Waals surface area contributed by atoms with Gasteiger partial charge >= 0.3 is 5.97 Å². The van der Waals surface area contributed by atoms with Crippen molar-refractivity contribution in [3.8, 4) is 5.75 Å². The lowest BCUT2D eigenvalue weighted by atomic mass is 10.2. The molecule has 1 aromatic carbocycles. The van der Waals surface area contributed by atoms with Crippen molar-refractivity contribution in [2.24, 2.45) is 4.40 Å². The number of halogens is 1. The number of benzene rings is 1. The van der Waals surface area contributed by atoms with Crippen molar-refractivity contribution in [2.75, 3.05) is 25.5 Å². The predicted octanol–water partition coefficient (Wildman–Crippen LogP) is 1.25. The van der Waals surface area contributed by atoms with Crippen LogP contribution in [0.1, 0.15) is 0 Å². The Bertz CT molecular complexity index is 859. The van der Waals surface area contributed by atoms with Crippen LogP contribution >= 0.6 is 0 Å². The quantitative estimate of drug-likeness (QED) is 0.576. The van der Waals surface area contributed by atoms with E-state index in [0.29, 0.717) is 11.3 Å². The predicted molar refractivity (Wildman–Crippen MR) is 88.0 cm³/mol. The normalized spacial score (nSPS) is 18.0. The number of nitrogens with zero attached hydrogens (tertiary/aromatic N) is 2. The van der Waals surface area contributed by atoms with Gasteiger partial charge in [-0.05, 0) is 36.4 Å². The number of carbonyl (C=O) groups excluding carboxylic acids is 1. The van der Waals surface area contributed by atoms with Crippen molar-refractivity contribution < 1.29 is 27.1 Å². The van der Waals surface area contributed by atoms with Gasteiger partial charge in [0.1, 0.15) is 30.6 Å². The highest BCUT2D eigenvalue weighted by molar-refractivity contribution is 7.90. The summed E-state index contributed by atoms with van der Waals surface area (Å²) in [6.07, 6.45) is 4.43. The largest absolute Gasteiger partial charge is 0.490 e. The summed E-state index contributed by atoms with van der Waals surface area (Å²) in [7, 11) is -3.43. The van der Waals surface area contributed by atoms with Gasteiger partial charge < -0.3 is 14.4 Å². The van der Waals surface area contributed by atoms with E-state index in [9.17, 15) is 17.6 Å². The number of esters is 1. The molecule has 2 heterocycles. The van der Waals surface area contributed by atoms with Crippen LogP contribution in [0.4, 0.5) is 4.39 Å². The molecule has 132 valence electrons. The SMILES string of the molecule is O=C(OCCOc1ccc(F)cc1)C1=CN2CCS(=O)(=O)N=C2C=C1. The monoisotopic (exact) mass is 366 g/mol. The first-order valence-electron chi connectivity index (χ1n) is 7.48. The zero-order valence-corrected chi connectivity index (χ0v) is 13.9. The van der Waals surface area contributed by atoms with Gasteiger partial charge in [-0.25, -0.2) is 17.6 Å². The summed E-state index contributed by atoms with van der Waals surface area (Å²) in [5.41, 5.74) is 0.292. The van der Waals surface area contributed by atoms with Crippen molar-refractivity contribution in [3.63, 3.8) is 0 Å². The molecular formula is C16H15FN2O5S. The molecule has 0 aliphatic carbocycles. The number of sulfonamides is 1. The van der Waals surface area contributed by atoms with Gasteiger partial charge in [-0.1, -0.05) is 0 Å². The minimum atomic E-state index is -3.43. The maximum absolute atomic E-state index is 12.8. The van der Waals surface area contributed by atoms with E-state index < -0.39 is 16.0 Å². The Balaban J connectivity index is 1.50. The standard InChI is InChI=1S/C16H15FN2O5S/c17-13-2-4-14(5-3-13)23-8-9-24-16(20)12-1-6-15-18-25(21,22)10-7-19(15)11-12/h1-6,11H,7-10H2. The second kappa shape index (κ2) is 7.06. The van der Waals surface area contributed by atoms with Crippen molar-refractivity contribution in [1.29, 1.82) is 0 Å². The lowest BCUT2D eigenvalue weighted by molar-refractivity contribution is -0.139. The molecule has 0 saturated heterocycles. The first kappa shape index (κ1) is 17.2. The average molecular weight is 366 g/mol. The fourth-order valence-corrected chi connectivity index (χ4v) is 3.20. The fourth-order valence-electron chi connectivity index (χ4n) is 2.23. The van der Waals surface area contributed by atoms with Crippen LogP contribution in [0.5, 0.6) is 5.75 Å². The molecule has 0 bridgehead atoms. The van der Waals surface area contributed by atoms with E-state index in [1.54, 1.807) is 4.90 Å². The fraction of sp³-hybridized carbons (Fsp3) is 0.250. The molecule has 0 fully saturated rings. The van der Waals surface area contributed by atoms with Crippen LogP contribution in [-0.2, 0) is 19.6 Å². The molecule has 0 spiro atoms. The van der Waals surface area contributed by atoms with Gasteiger partial charge in [-0.3, -0.25) is 0 Å². The highest BCUT2D eigenvalue weighted by Crippen LogP contribution is 2.16. The molecule has 0 N–H and O–H groups in total. The molecule has 0 saturated carbocycles. The summed E-state index contributed by atoms with van der Waals surface area (Å²) >= 11 is 0. The Labute approximate surface area is 144 Å².